The van der Waals surface area contributed by atoms with Crippen molar-refractivity contribution in [1.29, 1.82) is 0 Å². The maximum Gasteiger partial charge on any atom is 0.339 e. The van der Waals surface area contributed by atoms with Gasteiger partial charge in [0.25, 0.3) is 0 Å². The van der Waals surface area contributed by atoms with Crippen LogP contribution in [0, 0.1) is 0 Å². The molecule has 2 heterocycles. The van der Waals surface area contributed by atoms with Crippen LogP contribution < -0.4 is 14.4 Å². The van der Waals surface area contributed by atoms with Crippen LogP contribution in [0.5, 0.6) is 11.5 Å². The molecule has 1 aliphatic rings. The maximum atomic E-state index is 12.0. The van der Waals surface area contributed by atoms with Crippen molar-refractivity contribution in [2.45, 2.75) is 12.5 Å². The first-order valence-corrected chi connectivity index (χ1v) is 11.3. The molecule has 1 atom stereocenters. The zero-order chi connectivity index (χ0) is 24.4. The topological polar surface area (TPSA) is 84.8 Å². The molecule has 0 radical (unpaired) electrons. The quantitative estimate of drug-likeness (QED) is 0.427. The van der Waals surface area contributed by atoms with Gasteiger partial charge in [-0.15, -0.1) is 0 Å². The molecule has 1 N–H and O–H groups in total. The molecule has 7 nitrogen and oxygen atoms in total. The molecular weight excluding hydrogens is 442 g/mol. The second-order valence-corrected chi connectivity index (χ2v) is 8.29. The predicted octanol–water partition coefficient (Wildman–Crippen LogP) is 5.01. The molecule has 0 bridgehead atoms. The van der Waals surface area contributed by atoms with Gasteiger partial charge in [-0.05, 0) is 59.5 Å². The summed E-state index contributed by atoms with van der Waals surface area (Å²) in [6.45, 7) is 0.688. The molecule has 3 aromatic carbocycles. The van der Waals surface area contributed by atoms with Crippen molar-refractivity contribution in [1.82, 2.24) is 9.97 Å². The molecule has 5 rings (SSSR count). The lowest BCUT2D eigenvalue weighted by Crippen LogP contribution is -2.37. The van der Waals surface area contributed by atoms with Crippen LogP contribution in [-0.2, 0) is 6.42 Å². The van der Waals surface area contributed by atoms with Gasteiger partial charge in [0.05, 0.1) is 26.0 Å². The predicted molar refractivity (Wildman–Crippen MR) is 133 cm³/mol. The van der Waals surface area contributed by atoms with Gasteiger partial charge in [0, 0.05) is 18.3 Å². The van der Waals surface area contributed by atoms with Gasteiger partial charge in [-0.2, -0.15) is 0 Å². The summed E-state index contributed by atoms with van der Waals surface area (Å²) in [5, 5.41) is 9.81. The second-order valence-electron chi connectivity index (χ2n) is 8.29. The fourth-order valence-corrected chi connectivity index (χ4v) is 4.59. The number of nitrogens with zero attached hydrogens (tertiary/aromatic N) is 3. The highest BCUT2D eigenvalue weighted by Crippen LogP contribution is 2.38. The third kappa shape index (κ3) is 4.28. The fourth-order valence-electron chi connectivity index (χ4n) is 4.59. The Balaban J connectivity index is 1.64. The average Bonchev–Trinajstić information content (AvgIpc) is 2.92. The molecule has 0 unspecified atom stereocenters. The molecule has 0 spiro atoms. The molecule has 1 aromatic heterocycles. The lowest BCUT2D eigenvalue weighted by Gasteiger charge is -2.38. The smallest absolute Gasteiger partial charge is 0.339 e. The molecular formula is C28H25N3O4. The van der Waals surface area contributed by atoms with Gasteiger partial charge in [-0.25, -0.2) is 14.8 Å². The van der Waals surface area contributed by atoms with Crippen LogP contribution in [-0.4, -0.2) is 41.8 Å². The largest absolute Gasteiger partial charge is 0.497 e. The van der Waals surface area contributed by atoms with Gasteiger partial charge in [0.2, 0.25) is 5.95 Å². The standard InChI is InChI=1S/C28H25N3O4/c1-34-21-12-10-19(11-13-21)25-24(27(32)33)17-29-28(30-25)31-15-14-18-6-3-4-9-23(18)26(31)20-7-5-8-22(16-20)35-2/h3-13,16-17,26H,14-15H2,1-2H3,(H,32,33)/t26-/m1/s1. The Morgan fingerprint density at radius 1 is 0.971 bits per heavy atom. The van der Waals surface area contributed by atoms with Gasteiger partial charge < -0.3 is 19.5 Å². The highest BCUT2D eigenvalue weighted by Gasteiger charge is 2.31. The number of aromatic carboxylic acids is 1. The number of aromatic nitrogens is 2. The monoisotopic (exact) mass is 467 g/mol. The number of benzene rings is 3. The van der Waals surface area contributed by atoms with Crippen LogP contribution in [0.3, 0.4) is 0 Å². The van der Waals surface area contributed by atoms with E-state index in [1.807, 2.05) is 36.4 Å². The van der Waals surface area contributed by atoms with Gasteiger partial charge in [0.15, 0.2) is 0 Å². The van der Waals surface area contributed by atoms with Crippen molar-refractivity contribution in [3.8, 4) is 22.8 Å². The molecule has 35 heavy (non-hydrogen) atoms. The van der Waals surface area contributed by atoms with Crippen LogP contribution in [0.4, 0.5) is 5.95 Å². The van der Waals surface area contributed by atoms with Crippen molar-refractivity contribution in [3.63, 3.8) is 0 Å². The van der Waals surface area contributed by atoms with Gasteiger partial charge in [-0.3, -0.25) is 0 Å². The fraction of sp³-hybridized carbons (Fsp3) is 0.179. The first-order chi connectivity index (χ1) is 17.1. The number of anilines is 1. The van der Waals surface area contributed by atoms with Gasteiger partial charge in [-0.1, -0.05) is 36.4 Å². The Kier molecular flexibility index (Phi) is 6.06. The molecule has 1 aliphatic heterocycles. The first kappa shape index (κ1) is 22.4. The first-order valence-electron chi connectivity index (χ1n) is 11.3. The van der Waals surface area contributed by atoms with Crippen molar-refractivity contribution >= 4 is 11.9 Å². The summed E-state index contributed by atoms with van der Waals surface area (Å²) in [5.41, 5.74) is 4.59. The van der Waals surface area contributed by atoms with E-state index in [0.29, 0.717) is 29.5 Å². The highest BCUT2D eigenvalue weighted by atomic mass is 16.5. The molecule has 4 aromatic rings. The summed E-state index contributed by atoms with van der Waals surface area (Å²) in [6, 6.07) is 23.4. The van der Waals surface area contributed by atoms with Crippen LogP contribution in [0.1, 0.15) is 33.1 Å². The maximum absolute atomic E-state index is 12.0. The lowest BCUT2D eigenvalue weighted by molar-refractivity contribution is 0.0697. The van der Waals surface area contributed by atoms with Gasteiger partial charge in [0.1, 0.15) is 17.1 Å². The number of carbonyl (C=O) groups is 1. The summed E-state index contributed by atoms with van der Waals surface area (Å²) in [5.74, 6) is 0.857. The van der Waals surface area contributed by atoms with Gasteiger partial charge >= 0.3 is 5.97 Å². The molecule has 7 heteroatoms. The number of carboxylic acids is 1. The van der Waals surface area contributed by atoms with Crippen LogP contribution in [0.15, 0.2) is 79.0 Å². The van der Waals surface area contributed by atoms with Crippen molar-refractivity contribution < 1.29 is 19.4 Å². The molecule has 0 aliphatic carbocycles. The summed E-state index contributed by atoms with van der Waals surface area (Å²) in [6.07, 6.45) is 2.23. The van der Waals surface area contributed by atoms with E-state index >= 15 is 0 Å². The molecule has 0 saturated heterocycles. The zero-order valence-corrected chi connectivity index (χ0v) is 19.5. The van der Waals surface area contributed by atoms with Crippen molar-refractivity contribution in [3.05, 3.63) is 101 Å². The number of fused-ring (bicyclic) bond motifs is 1. The third-order valence-electron chi connectivity index (χ3n) is 6.32. The molecule has 0 amide bonds. The van der Waals surface area contributed by atoms with E-state index in [1.54, 1.807) is 26.4 Å². The Morgan fingerprint density at radius 3 is 2.49 bits per heavy atom. The van der Waals surface area contributed by atoms with Crippen LogP contribution in [0.2, 0.25) is 0 Å². The zero-order valence-electron chi connectivity index (χ0n) is 19.5. The lowest BCUT2D eigenvalue weighted by atomic mass is 9.88. The summed E-state index contributed by atoms with van der Waals surface area (Å²) in [4.78, 5) is 23.4. The van der Waals surface area contributed by atoms with E-state index in [1.165, 1.54) is 17.3 Å². The van der Waals surface area contributed by atoms with Crippen molar-refractivity contribution in [2.75, 3.05) is 25.7 Å². The van der Waals surface area contributed by atoms with E-state index in [4.69, 9.17) is 14.5 Å². The number of rotatable bonds is 6. The molecule has 0 saturated carbocycles. The van der Waals surface area contributed by atoms with E-state index in [2.05, 4.69) is 34.1 Å². The highest BCUT2D eigenvalue weighted by molar-refractivity contribution is 5.94. The van der Waals surface area contributed by atoms with E-state index in [0.717, 1.165) is 17.7 Å². The Hall–Kier alpha value is -4.39. The third-order valence-corrected chi connectivity index (χ3v) is 6.32. The molecule has 176 valence electrons. The van der Waals surface area contributed by atoms with E-state index in [9.17, 15) is 9.90 Å². The van der Waals surface area contributed by atoms with E-state index < -0.39 is 5.97 Å². The average molecular weight is 468 g/mol. The number of carboxylic acid groups (broad SMARTS) is 1. The van der Waals surface area contributed by atoms with Crippen molar-refractivity contribution in [2.24, 2.45) is 0 Å². The SMILES string of the molecule is COc1ccc(-c2nc(N3CCc4ccccc4[C@H]3c3cccc(OC)c3)ncc2C(=O)O)cc1. The normalized spacial score (nSPS) is 14.8. The summed E-state index contributed by atoms with van der Waals surface area (Å²) in [7, 11) is 3.24. The number of ether oxygens (including phenoxy) is 2. The molecule has 0 fully saturated rings. The number of hydrogen-bond acceptors (Lipinski definition) is 6. The minimum atomic E-state index is -1.07. The summed E-state index contributed by atoms with van der Waals surface area (Å²) >= 11 is 0. The Bertz CT molecular complexity index is 1370. The second kappa shape index (κ2) is 9.46. The number of methoxy groups -OCH3 is 2. The van der Waals surface area contributed by atoms with Crippen LogP contribution >= 0.6 is 0 Å². The van der Waals surface area contributed by atoms with Crippen LogP contribution in [0.25, 0.3) is 11.3 Å². The minimum absolute atomic E-state index is 0.0502. The minimum Gasteiger partial charge on any atom is -0.497 e. The Morgan fingerprint density at radius 2 is 1.74 bits per heavy atom. The van der Waals surface area contributed by atoms with E-state index in [-0.39, 0.29) is 11.6 Å². The Labute approximate surface area is 203 Å². The summed E-state index contributed by atoms with van der Waals surface area (Å²) < 4.78 is 10.7. The number of hydrogen-bond donors (Lipinski definition) is 1.